The van der Waals surface area contributed by atoms with Crippen molar-refractivity contribution in [2.24, 2.45) is 5.92 Å². The smallest absolute Gasteiger partial charge is 0.256 e. The molecule has 4 rings (SSSR count). The highest BCUT2D eigenvalue weighted by atomic mass is 127. The van der Waals surface area contributed by atoms with Gasteiger partial charge >= 0.3 is 0 Å². The lowest BCUT2D eigenvalue weighted by Gasteiger charge is -2.28. The summed E-state index contributed by atoms with van der Waals surface area (Å²) in [6, 6.07) is 4.14. The fourth-order valence-electron chi connectivity index (χ4n) is 3.63. The molecule has 132 valence electrons. The Labute approximate surface area is 178 Å². The summed E-state index contributed by atoms with van der Waals surface area (Å²) in [5.74, 6) is 1.54. The third kappa shape index (κ3) is 3.16. The van der Waals surface area contributed by atoms with Crippen molar-refractivity contribution in [2.45, 2.75) is 32.4 Å². The number of methoxy groups -OCH3 is 1. The SMILES string of the molecule is COc1c(I)cc(I)cc1[C@@H]1NC(=O)c2c(sc3c2CC[C@H](C)C3)N1. The van der Waals surface area contributed by atoms with Gasteiger partial charge in [0, 0.05) is 14.0 Å². The minimum atomic E-state index is -0.268. The zero-order valence-corrected chi connectivity index (χ0v) is 19.0. The maximum absolute atomic E-state index is 12.9. The third-order valence-corrected chi connectivity index (χ3v) is 7.45. The minimum Gasteiger partial charge on any atom is -0.495 e. The minimum absolute atomic E-state index is 0.0294. The number of anilines is 1. The highest BCUT2D eigenvalue weighted by Crippen LogP contribution is 2.43. The Morgan fingerprint density at radius 3 is 2.84 bits per heavy atom. The van der Waals surface area contributed by atoms with Gasteiger partial charge in [0.2, 0.25) is 0 Å². The largest absolute Gasteiger partial charge is 0.495 e. The number of fused-ring (bicyclic) bond motifs is 3. The molecule has 1 amide bonds. The monoisotopic (exact) mass is 580 g/mol. The molecule has 0 radical (unpaired) electrons. The lowest BCUT2D eigenvalue weighted by molar-refractivity contribution is 0.0934. The third-order valence-electron chi connectivity index (χ3n) is 4.84. The Hall–Kier alpha value is -0.550. The zero-order valence-electron chi connectivity index (χ0n) is 13.9. The van der Waals surface area contributed by atoms with Gasteiger partial charge in [-0.25, -0.2) is 0 Å². The van der Waals surface area contributed by atoms with Crippen LogP contribution in [0.4, 0.5) is 5.00 Å². The Balaban J connectivity index is 1.75. The molecule has 1 aliphatic carbocycles. The second kappa shape index (κ2) is 6.88. The van der Waals surface area contributed by atoms with E-state index < -0.39 is 0 Å². The van der Waals surface area contributed by atoms with Crippen LogP contribution in [0, 0.1) is 13.1 Å². The van der Waals surface area contributed by atoms with Gasteiger partial charge in [-0.05, 0) is 88.1 Å². The van der Waals surface area contributed by atoms with Crippen molar-refractivity contribution < 1.29 is 9.53 Å². The summed E-state index contributed by atoms with van der Waals surface area (Å²) >= 11 is 6.33. The number of hydrogen-bond acceptors (Lipinski definition) is 4. The average Bonchev–Trinajstić information content (AvgIpc) is 2.91. The number of halogens is 2. The van der Waals surface area contributed by atoms with Crippen molar-refractivity contribution in [2.75, 3.05) is 12.4 Å². The van der Waals surface area contributed by atoms with E-state index in [1.165, 1.54) is 10.4 Å². The number of amides is 1. The van der Waals surface area contributed by atoms with E-state index in [1.807, 2.05) is 0 Å². The standard InChI is InChI=1S/C18H18I2N2O2S/c1-8-3-4-10-13(5-8)25-18-14(10)17(23)21-16(22-18)11-6-9(19)7-12(20)15(11)24-2/h6-8,16,22H,3-5H2,1-2H3,(H,21,23)/t8-,16+/m0/s1. The van der Waals surface area contributed by atoms with Gasteiger partial charge in [0.25, 0.3) is 5.91 Å². The number of benzene rings is 1. The molecule has 0 saturated carbocycles. The second-order valence-electron chi connectivity index (χ2n) is 6.62. The summed E-state index contributed by atoms with van der Waals surface area (Å²) in [6.45, 7) is 2.29. The van der Waals surface area contributed by atoms with Crippen LogP contribution in [0.5, 0.6) is 5.75 Å². The van der Waals surface area contributed by atoms with Crippen molar-refractivity contribution in [3.05, 3.63) is 40.8 Å². The maximum Gasteiger partial charge on any atom is 0.256 e. The van der Waals surface area contributed by atoms with Gasteiger partial charge in [-0.15, -0.1) is 11.3 Å². The summed E-state index contributed by atoms with van der Waals surface area (Å²) in [7, 11) is 1.68. The summed E-state index contributed by atoms with van der Waals surface area (Å²) in [5.41, 5.74) is 3.09. The van der Waals surface area contributed by atoms with E-state index >= 15 is 0 Å². The molecule has 2 atom stereocenters. The predicted molar refractivity (Wildman–Crippen MR) is 118 cm³/mol. The summed E-state index contributed by atoms with van der Waals surface area (Å²) in [4.78, 5) is 14.2. The first-order valence-electron chi connectivity index (χ1n) is 8.22. The number of thiophene rings is 1. The highest BCUT2D eigenvalue weighted by Gasteiger charge is 2.34. The summed E-state index contributed by atoms with van der Waals surface area (Å²) in [5, 5.41) is 7.68. The van der Waals surface area contributed by atoms with Crippen LogP contribution >= 0.6 is 56.5 Å². The van der Waals surface area contributed by atoms with Crippen molar-refractivity contribution >= 4 is 67.4 Å². The molecule has 0 spiro atoms. The van der Waals surface area contributed by atoms with Gasteiger partial charge in [-0.1, -0.05) is 6.92 Å². The Morgan fingerprint density at radius 1 is 1.28 bits per heavy atom. The number of rotatable bonds is 2. The highest BCUT2D eigenvalue weighted by molar-refractivity contribution is 14.1. The van der Waals surface area contributed by atoms with Crippen LogP contribution in [0.1, 0.15) is 45.9 Å². The first kappa shape index (κ1) is 17.8. The molecule has 1 aliphatic heterocycles. The van der Waals surface area contributed by atoms with E-state index in [0.29, 0.717) is 5.92 Å². The van der Waals surface area contributed by atoms with Crippen LogP contribution in [0.25, 0.3) is 0 Å². The molecule has 2 aliphatic rings. The van der Waals surface area contributed by atoms with E-state index in [4.69, 9.17) is 4.74 Å². The van der Waals surface area contributed by atoms with Crippen molar-refractivity contribution in [1.29, 1.82) is 0 Å². The van der Waals surface area contributed by atoms with Crippen LogP contribution in [0.3, 0.4) is 0 Å². The van der Waals surface area contributed by atoms with Gasteiger partial charge in [0.05, 0.1) is 16.2 Å². The summed E-state index contributed by atoms with van der Waals surface area (Å²) in [6.07, 6.45) is 2.98. The van der Waals surface area contributed by atoms with Crippen molar-refractivity contribution in [3.63, 3.8) is 0 Å². The van der Waals surface area contributed by atoms with Crippen LogP contribution in [0.15, 0.2) is 12.1 Å². The Morgan fingerprint density at radius 2 is 2.08 bits per heavy atom. The van der Waals surface area contributed by atoms with Crippen LogP contribution < -0.4 is 15.4 Å². The normalized spacial score (nSPS) is 21.8. The molecule has 1 aromatic carbocycles. The topological polar surface area (TPSA) is 50.4 Å². The molecule has 0 saturated heterocycles. The van der Waals surface area contributed by atoms with Crippen molar-refractivity contribution in [3.8, 4) is 5.75 Å². The number of carbonyl (C=O) groups excluding carboxylic acids is 1. The lowest BCUT2D eigenvalue weighted by Crippen LogP contribution is -2.38. The second-order valence-corrected chi connectivity index (χ2v) is 10.1. The molecule has 0 bridgehead atoms. The summed E-state index contributed by atoms with van der Waals surface area (Å²) < 4.78 is 7.77. The molecule has 25 heavy (non-hydrogen) atoms. The maximum atomic E-state index is 12.9. The molecule has 2 aromatic rings. The zero-order chi connectivity index (χ0) is 17.7. The molecule has 0 unspecified atom stereocenters. The van der Waals surface area contributed by atoms with Crippen molar-refractivity contribution in [1.82, 2.24) is 5.32 Å². The van der Waals surface area contributed by atoms with E-state index in [0.717, 1.165) is 48.3 Å². The van der Waals surface area contributed by atoms with E-state index in [9.17, 15) is 4.79 Å². The van der Waals surface area contributed by atoms with E-state index in [1.54, 1.807) is 18.4 Å². The van der Waals surface area contributed by atoms with Gasteiger partial charge in [-0.2, -0.15) is 0 Å². The first-order valence-corrected chi connectivity index (χ1v) is 11.2. The van der Waals surface area contributed by atoms with Crippen LogP contribution in [0.2, 0.25) is 0 Å². The molecule has 2 N–H and O–H groups in total. The molecule has 4 nitrogen and oxygen atoms in total. The fourth-order valence-corrected chi connectivity index (χ4v) is 7.17. The molecule has 7 heteroatoms. The predicted octanol–water partition coefficient (Wildman–Crippen LogP) is 4.94. The number of carbonyl (C=O) groups is 1. The van der Waals surface area contributed by atoms with Crippen LogP contribution in [-0.2, 0) is 12.8 Å². The molecular formula is C18H18I2N2O2S. The first-order chi connectivity index (χ1) is 12.0. The average molecular weight is 580 g/mol. The molecule has 0 fully saturated rings. The molecule has 2 heterocycles. The molecule has 1 aromatic heterocycles. The number of ether oxygens (including phenoxy) is 1. The van der Waals surface area contributed by atoms with Gasteiger partial charge in [0.1, 0.15) is 16.9 Å². The van der Waals surface area contributed by atoms with E-state index in [2.05, 4.69) is 74.9 Å². The Kier molecular flexibility index (Phi) is 4.91. The van der Waals surface area contributed by atoms with Gasteiger partial charge in [-0.3, -0.25) is 4.79 Å². The number of nitrogens with one attached hydrogen (secondary N) is 2. The van der Waals surface area contributed by atoms with E-state index in [-0.39, 0.29) is 12.1 Å². The van der Waals surface area contributed by atoms with Gasteiger partial charge in [0.15, 0.2) is 0 Å². The quantitative estimate of drug-likeness (QED) is 0.495. The lowest BCUT2D eigenvalue weighted by atomic mass is 9.88. The fraction of sp³-hybridized carbons (Fsp3) is 0.389. The Bertz CT molecular complexity index is 865. The number of hydrogen-bond donors (Lipinski definition) is 2. The van der Waals surface area contributed by atoms with Crippen LogP contribution in [-0.4, -0.2) is 13.0 Å². The van der Waals surface area contributed by atoms with Gasteiger partial charge < -0.3 is 15.4 Å². The molecular weight excluding hydrogens is 562 g/mol.